The van der Waals surface area contributed by atoms with Gasteiger partial charge in [-0.15, -0.1) is 0 Å². The SMILES string of the molecule is C=C(C)C1CCC(C)=C[C@H]1c1c(O)c(Br)c(CCC)c(Br)c1O.C=C(C)C1CCC(C)=C[C@H]1c1c(O)cc(CCC)c(Br)c1O. The Kier molecular flexibility index (Phi) is 13.5. The number of phenols is 4. The molecule has 0 aromatic heterocycles. The molecule has 4 N–H and O–H groups in total. The maximum Gasteiger partial charge on any atom is 0.137 e. The Bertz CT molecular complexity index is 1470. The van der Waals surface area contributed by atoms with E-state index in [0.717, 1.165) is 73.6 Å². The summed E-state index contributed by atoms with van der Waals surface area (Å²) in [6, 6.07) is 1.79. The minimum atomic E-state index is -0.0514. The average molecular weight is 810 g/mol. The normalized spacial score (nSPS) is 21.4. The molecule has 7 heteroatoms. The molecule has 2 aliphatic rings. The van der Waals surface area contributed by atoms with Gasteiger partial charge in [0, 0.05) is 23.0 Å². The Morgan fingerprint density at radius 1 is 0.711 bits per heavy atom. The van der Waals surface area contributed by atoms with Crippen molar-refractivity contribution in [1.29, 1.82) is 0 Å². The van der Waals surface area contributed by atoms with Gasteiger partial charge in [-0.1, -0.05) is 74.3 Å². The van der Waals surface area contributed by atoms with E-state index in [2.05, 4.69) is 101 Å². The second-order valence-corrected chi connectivity index (χ2v) is 15.3. The molecule has 0 saturated carbocycles. The van der Waals surface area contributed by atoms with Crippen LogP contribution in [0, 0.1) is 11.8 Å². The van der Waals surface area contributed by atoms with Crippen LogP contribution in [0.4, 0.5) is 0 Å². The first kappa shape index (κ1) is 37.5. The summed E-state index contributed by atoms with van der Waals surface area (Å²) >= 11 is 10.5. The van der Waals surface area contributed by atoms with Gasteiger partial charge in [0.1, 0.15) is 23.0 Å². The zero-order chi connectivity index (χ0) is 33.7. The number of benzene rings is 2. The maximum atomic E-state index is 10.8. The number of aromatic hydroxyl groups is 4. The van der Waals surface area contributed by atoms with E-state index in [1.807, 2.05) is 13.8 Å². The number of rotatable bonds is 8. The molecule has 0 bridgehead atoms. The molecule has 0 fully saturated rings. The summed E-state index contributed by atoms with van der Waals surface area (Å²) in [5.74, 6) is 1.07. The van der Waals surface area contributed by atoms with Gasteiger partial charge in [0.05, 0.1) is 13.4 Å². The van der Waals surface area contributed by atoms with Crippen LogP contribution in [0.1, 0.15) is 114 Å². The molecule has 0 saturated heterocycles. The molecule has 2 aliphatic carbocycles. The van der Waals surface area contributed by atoms with Crippen LogP contribution in [0.25, 0.3) is 0 Å². The Labute approximate surface area is 295 Å². The third-order valence-corrected chi connectivity index (χ3v) is 11.8. The molecule has 0 aliphatic heterocycles. The van der Waals surface area contributed by atoms with Gasteiger partial charge in [-0.05, 0) is 143 Å². The predicted molar refractivity (Wildman–Crippen MR) is 199 cm³/mol. The number of hydrogen-bond acceptors (Lipinski definition) is 4. The zero-order valence-electron chi connectivity index (χ0n) is 27.5. The second kappa shape index (κ2) is 16.2. The Balaban J connectivity index is 0.000000246. The molecular weight excluding hydrogens is 760 g/mol. The summed E-state index contributed by atoms with van der Waals surface area (Å²) in [5, 5.41) is 42.7. The number of phenolic OH excluding ortho intramolecular Hbond substituents is 4. The summed E-state index contributed by atoms with van der Waals surface area (Å²) in [5.41, 5.74) is 7.85. The van der Waals surface area contributed by atoms with Gasteiger partial charge >= 0.3 is 0 Å². The summed E-state index contributed by atoms with van der Waals surface area (Å²) < 4.78 is 2.06. The number of allylic oxidation sites excluding steroid dienone is 6. The Morgan fingerprint density at radius 3 is 1.56 bits per heavy atom. The van der Waals surface area contributed by atoms with Crippen molar-refractivity contribution in [3.05, 3.63) is 89.3 Å². The molecule has 2 unspecified atom stereocenters. The third kappa shape index (κ3) is 8.31. The van der Waals surface area contributed by atoms with Gasteiger partial charge in [0.2, 0.25) is 0 Å². The van der Waals surface area contributed by atoms with Gasteiger partial charge in [-0.3, -0.25) is 0 Å². The van der Waals surface area contributed by atoms with Crippen molar-refractivity contribution in [3.8, 4) is 23.0 Å². The van der Waals surface area contributed by atoms with E-state index in [1.165, 1.54) is 11.1 Å². The Morgan fingerprint density at radius 2 is 1.13 bits per heavy atom. The van der Waals surface area contributed by atoms with Crippen molar-refractivity contribution in [2.45, 2.75) is 105 Å². The number of halogens is 3. The standard InChI is InChI=1S/C19H24Br2O2.C19H25BrO2/c1-5-6-13-16(20)18(22)15(19(23)17(13)21)14-9-11(4)7-8-12(14)10(2)3;1-5-6-13-10-16(21)17(19(22)18(13)20)15-9-12(4)7-8-14(15)11(2)3/h9,12,14,22-23H,2,5-8H2,1,3-4H3;9-10,14-15,21-22H,2,5-8H2,1,3-4H3/t12?,14-;14?,15-/m11/s1. The molecule has 0 spiro atoms. The highest BCUT2D eigenvalue weighted by Gasteiger charge is 2.33. The van der Waals surface area contributed by atoms with Crippen LogP contribution < -0.4 is 0 Å². The summed E-state index contributed by atoms with van der Waals surface area (Å²) in [6.07, 6.45) is 11.9. The fourth-order valence-electron chi connectivity index (χ4n) is 6.81. The van der Waals surface area contributed by atoms with E-state index in [0.29, 0.717) is 24.5 Å². The predicted octanol–water partition coefficient (Wildman–Crippen LogP) is 12.4. The fraction of sp³-hybridized carbons (Fsp3) is 0.474. The van der Waals surface area contributed by atoms with Gasteiger partial charge in [-0.2, -0.15) is 0 Å². The average Bonchev–Trinajstić information content (AvgIpc) is 2.97. The fourth-order valence-corrected chi connectivity index (χ4v) is 8.82. The van der Waals surface area contributed by atoms with Crippen LogP contribution in [0.3, 0.4) is 0 Å². The highest BCUT2D eigenvalue weighted by molar-refractivity contribution is 9.11. The highest BCUT2D eigenvalue weighted by atomic mass is 79.9. The molecule has 0 heterocycles. The quantitative estimate of drug-likeness (QED) is 0.200. The van der Waals surface area contributed by atoms with Crippen molar-refractivity contribution in [2.75, 3.05) is 0 Å². The molecule has 45 heavy (non-hydrogen) atoms. The monoisotopic (exact) mass is 806 g/mol. The number of hydrogen-bond donors (Lipinski definition) is 4. The third-order valence-electron chi connectivity index (χ3n) is 9.23. The largest absolute Gasteiger partial charge is 0.507 e. The van der Waals surface area contributed by atoms with Crippen LogP contribution in [0.2, 0.25) is 0 Å². The molecule has 2 aromatic carbocycles. The lowest BCUT2D eigenvalue weighted by molar-refractivity contribution is 0.402. The number of aryl methyl sites for hydroxylation is 1. The maximum absolute atomic E-state index is 10.8. The lowest BCUT2D eigenvalue weighted by Crippen LogP contribution is -2.17. The van der Waals surface area contributed by atoms with Crippen LogP contribution in [0.5, 0.6) is 23.0 Å². The van der Waals surface area contributed by atoms with Crippen LogP contribution >= 0.6 is 47.8 Å². The van der Waals surface area contributed by atoms with Crippen molar-refractivity contribution in [2.24, 2.45) is 11.8 Å². The van der Waals surface area contributed by atoms with Gasteiger partial charge in [-0.25, -0.2) is 0 Å². The smallest absolute Gasteiger partial charge is 0.137 e. The van der Waals surface area contributed by atoms with Crippen molar-refractivity contribution < 1.29 is 20.4 Å². The van der Waals surface area contributed by atoms with Gasteiger partial charge in [0.15, 0.2) is 0 Å². The first-order valence-corrected chi connectivity index (χ1v) is 18.3. The minimum Gasteiger partial charge on any atom is -0.507 e. The van der Waals surface area contributed by atoms with Crippen LogP contribution in [0.15, 0.2) is 67.1 Å². The first-order valence-electron chi connectivity index (χ1n) is 16.0. The van der Waals surface area contributed by atoms with E-state index in [-0.39, 0.29) is 46.7 Å². The van der Waals surface area contributed by atoms with E-state index >= 15 is 0 Å². The molecule has 0 radical (unpaired) electrons. The molecule has 0 amide bonds. The summed E-state index contributed by atoms with van der Waals surface area (Å²) in [7, 11) is 0. The highest BCUT2D eigenvalue weighted by Crippen LogP contribution is 2.53. The lowest BCUT2D eigenvalue weighted by atomic mass is 9.73. The molecule has 4 nitrogen and oxygen atoms in total. The second-order valence-electron chi connectivity index (χ2n) is 12.9. The van der Waals surface area contributed by atoms with Crippen molar-refractivity contribution in [1.82, 2.24) is 0 Å². The zero-order valence-corrected chi connectivity index (χ0v) is 32.3. The topological polar surface area (TPSA) is 80.9 Å². The van der Waals surface area contributed by atoms with E-state index in [1.54, 1.807) is 6.07 Å². The molecular formula is C38H49Br3O4. The van der Waals surface area contributed by atoms with Crippen molar-refractivity contribution >= 4 is 47.8 Å². The molecule has 246 valence electrons. The minimum absolute atomic E-state index is 0.0155. The van der Waals surface area contributed by atoms with E-state index in [9.17, 15) is 20.4 Å². The first-order chi connectivity index (χ1) is 21.2. The van der Waals surface area contributed by atoms with E-state index in [4.69, 9.17) is 0 Å². The summed E-state index contributed by atoms with van der Waals surface area (Å²) in [6.45, 7) is 20.6. The molecule has 4 rings (SSSR count). The lowest BCUT2D eigenvalue weighted by Gasteiger charge is -2.32. The summed E-state index contributed by atoms with van der Waals surface area (Å²) in [4.78, 5) is 0. The van der Waals surface area contributed by atoms with Crippen LogP contribution in [-0.2, 0) is 12.8 Å². The van der Waals surface area contributed by atoms with Crippen molar-refractivity contribution in [3.63, 3.8) is 0 Å². The van der Waals surface area contributed by atoms with E-state index < -0.39 is 0 Å². The van der Waals surface area contributed by atoms with Gasteiger partial charge < -0.3 is 20.4 Å². The van der Waals surface area contributed by atoms with Gasteiger partial charge in [0.25, 0.3) is 0 Å². The molecule has 4 atom stereocenters. The molecule has 2 aromatic rings. The Hall–Kier alpha value is -1.96. The van der Waals surface area contributed by atoms with Crippen LogP contribution in [-0.4, -0.2) is 20.4 Å².